The lowest BCUT2D eigenvalue weighted by atomic mass is 9.97. The number of benzene rings is 1. The molecule has 4 rings (SSSR count). The topological polar surface area (TPSA) is 66.5 Å². The molecule has 3 aromatic heterocycles. The third-order valence-corrected chi connectivity index (χ3v) is 4.40. The first-order chi connectivity index (χ1) is 12.5. The van der Waals surface area contributed by atoms with Crippen molar-refractivity contribution in [1.29, 1.82) is 0 Å². The van der Waals surface area contributed by atoms with Crippen LogP contribution in [0.25, 0.3) is 21.8 Å². The van der Waals surface area contributed by atoms with Gasteiger partial charge in [0.1, 0.15) is 11.5 Å². The second-order valence-electron chi connectivity index (χ2n) is 6.47. The fourth-order valence-corrected chi connectivity index (χ4v) is 2.88. The van der Waals surface area contributed by atoms with Crippen molar-refractivity contribution < 1.29 is 8.78 Å². The summed E-state index contributed by atoms with van der Waals surface area (Å²) >= 11 is 0. The van der Waals surface area contributed by atoms with Gasteiger partial charge in [0.05, 0.1) is 5.39 Å². The first kappa shape index (κ1) is 16.4. The van der Waals surface area contributed by atoms with Crippen LogP contribution in [-0.2, 0) is 5.92 Å². The largest absolute Gasteiger partial charge is 0.340 e. The summed E-state index contributed by atoms with van der Waals surface area (Å²) in [5, 5.41) is 12.3. The van der Waals surface area contributed by atoms with Crippen LogP contribution in [0.1, 0.15) is 19.5 Å². The van der Waals surface area contributed by atoms with Gasteiger partial charge in [0.25, 0.3) is 5.92 Å². The van der Waals surface area contributed by atoms with Crippen LogP contribution in [0.4, 0.5) is 20.3 Å². The molecule has 2 N–H and O–H groups in total. The molecule has 0 radical (unpaired) electrons. The summed E-state index contributed by atoms with van der Waals surface area (Å²) in [5.41, 5.74) is 1.18. The summed E-state index contributed by atoms with van der Waals surface area (Å²) in [5.74, 6) is -3.11. The molecule has 0 unspecified atom stereocenters. The zero-order valence-electron chi connectivity index (χ0n) is 14.3. The van der Waals surface area contributed by atoms with E-state index >= 15 is 0 Å². The van der Waals surface area contributed by atoms with Crippen LogP contribution < -0.4 is 5.32 Å². The first-order valence-corrected chi connectivity index (χ1v) is 8.30. The van der Waals surface area contributed by atoms with Gasteiger partial charge in [-0.05, 0) is 35.7 Å². The predicted octanol–water partition coefficient (Wildman–Crippen LogP) is 5.00. The van der Waals surface area contributed by atoms with Gasteiger partial charge < -0.3 is 5.32 Å². The highest BCUT2D eigenvalue weighted by Crippen LogP contribution is 2.38. The molecule has 5 nitrogen and oxygen atoms in total. The maximum Gasteiger partial charge on any atom is 0.292 e. The highest BCUT2D eigenvalue weighted by Gasteiger charge is 2.38. The number of H-pyrrole nitrogens is 1. The summed E-state index contributed by atoms with van der Waals surface area (Å²) in [4.78, 5) is 8.13. The molecule has 4 aromatic rings. The average Bonchev–Trinajstić information content (AvgIpc) is 3.04. The molecule has 0 amide bonds. The second kappa shape index (κ2) is 6.01. The fourth-order valence-electron chi connectivity index (χ4n) is 2.88. The number of alkyl halides is 2. The quantitative estimate of drug-likeness (QED) is 0.542. The molecule has 0 aliphatic carbocycles. The minimum Gasteiger partial charge on any atom is -0.340 e. The van der Waals surface area contributed by atoms with E-state index in [2.05, 4.69) is 25.5 Å². The molecule has 132 valence electrons. The number of nitrogens with zero attached hydrogens (tertiary/aromatic N) is 3. The number of hydrogen-bond acceptors (Lipinski definition) is 4. The summed E-state index contributed by atoms with van der Waals surface area (Å²) in [7, 11) is 0. The summed E-state index contributed by atoms with van der Waals surface area (Å²) in [6.45, 7) is 2.99. The molecule has 7 heteroatoms. The Morgan fingerprint density at radius 3 is 2.69 bits per heavy atom. The number of nitrogens with one attached hydrogen (secondary N) is 2. The average molecular weight is 353 g/mol. The fraction of sp³-hybridized carbons (Fsp3) is 0.211. The van der Waals surface area contributed by atoms with Crippen LogP contribution in [0.5, 0.6) is 0 Å². The highest BCUT2D eigenvalue weighted by atomic mass is 19.3. The van der Waals surface area contributed by atoms with Crippen LogP contribution >= 0.6 is 0 Å². The van der Waals surface area contributed by atoms with E-state index in [1.54, 1.807) is 24.4 Å². The Labute approximate surface area is 148 Å². The zero-order valence-corrected chi connectivity index (χ0v) is 14.3. The Morgan fingerprint density at radius 2 is 1.88 bits per heavy atom. The van der Waals surface area contributed by atoms with Crippen LogP contribution in [0, 0.1) is 5.92 Å². The predicted molar refractivity (Wildman–Crippen MR) is 97.6 cm³/mol. The SMILES string of the molecule is CC(C)C(F)(F)c1nccc2cc(Nc3[nH]nc4ncccc34)ccc12. The molecular weight excluding hydrogens is 336 g/mol. The van der Waals surface area contributed by atoms with E-state index in [-0.39, 0.29) is 5.69 Å². The molecule has 0 aliphatic rings. The van der Waals surface area contributed by atoms with Gasteiger partial charge in [-0.2, -0.15) is 13.9 Å². The second-order valence-corrected chi connectivity index (χ2v) is 6.47. The van der Waals surface area contributed by atoms with Gasteiger partial charge in [-0.3, -0.25) is 10.1 Å². The van der Waals surface area contributed by atoms with Gasteiger partial charge >= 0.3 is 0 Å². The van der Waals surface area contributed by atoms with Gasteiger partial charge in [0, 0.05) is 29.4 Å². The van der Waals surface area contributed by atoms with Crippen LogP contribution in [-0.4, -0.2) is 20.2 Å². The smallest absolute Gasteiger partial charge is 0.292 e. The van der Waals surface area contributed by atoms with E-state index < -0.39 is 11.8 Å². The van der Waals surface area contributed by atoms with Crippen molar-refractivity contribution in [2.75, 3.05) is 5.32 Å². The number of anilines is 2. The molecule has 0 aliphatic heterocycles. The van der Waals surface area contributed by atoms with Crippen molar-refractivity contribution in [1.82, 2.24) is 20.2 Å². The maximum atomic E-state index is 14.5. The number of halogens is 2. The van der Waals surface area contributed by atoms with E-state index in [4.69, 9.17) is 0 Å². The number of aromatic nitrogens is 4. The maximum absolute atomic E-state index is 14.5. The molecule has 0 spiro atoms. The van der Waals surface area contributed by atoms with E-state index in [9.17, 15) is 8.78 Å². The Morgan fingerprint density at radius 1 is 1.04 bits per heavy atom. The van der Waals surface area contributed by atoms with E-state index in [1.807, 2.05) is 18.2 Å². The number of aromatic amines is 1. The molecule has 3 heterocycles. The standard InChI is InChI=1S/C19H17F2N5/c1-11(2)19(20,21)16-14-6-5-13(10-12(14)7-9-22-16)24-18-15-4-3-8-23-17(15)25-26-18/h3-11H,1-2H3,(H2,23,24,25,26). The van der Waals surface area contributed by atoms with Crippen molar-refractivity contribution in [2.24, 2.45) is 5.92 Å². The van der Waals surface area contributed by atoms with Crippen LogP contribution in [0.15, 0.2) is 48.8 Å². The monoisotopic (exact) mass is 353 g/mol. The molecule has 0 saturated carbocycles. The van der Waals surface area contributed by atoms with Crippen molar-refractivity contribution in [3.8, 4) is 0 Å². The first-order valence-electron chi connectivity index (χ1n) is 8.30. The molecule has 1 aromatic carbocycles. The Kier molecular flexibility index (Phi) is 3.79. The molecule has 0 bridgehead atoms. The van der Waals surface area contributed by atoms with Crippen molar-refractivity contribution in [3.63, 3.8) is 0 Å². The molecular formula is C19H17F2N5. The summed E-state index contributed by atoms with van der Waals surface area (Å²) < 4.78 is 29.0. The van der Waals surface area contributed by atoms with E-state index in [0.717, 1.165) is 11.1 Å². The minimum atomic E-state index is -2.99. The Hall–Kier alpha value is -3.09. The van der Waals surface area contributed by atoms with E-state index in [0.29, 0.717) is 22.2 Å². The molecule has 0 atom stereocenters. The van der Waals surface area contributed by atoms with Crippen molar-refractivity contribution in [3.05, 3.63) is 54.5 Å². The summed E-state index contributed by atoms with van der Waals surface area (Å²) in [6.07, 6.45) is 3.10. The number of pyridine rings is 2. The Balaban J connectivity index is 1.75. The summed E-state index contributed by atoms with van der Waals surface area (Å²) in [6, 6.07) is 10.7. The molecule has 26 heavy (non-hydrogen) atoms. The van der Waals surface area contributed by atoms with Crippen LogP contribution in [0.2, 0.25) is 0 Å². The van der Waals surface area contributed by atoms with Gasteiger partial charge in [-0.25, -0.2) is 4.98 Å². The van der Waals surface area contributed by atoms with Gasteiger partial charge in [0.2, 0.25) is 0 Å². The normalized spacial score (nSPS) is 12.2. The van der Waals surface area contributed by atoms with Gasteiger partial charge in [-0.15, -0.1) is 0 Å². The third-order valence-electron chi connectivity index (χ3n) is 4.40. The van der Waals surface area contributed by atoms with Gasteiger partial charge in [-0.1, -0.05) is 19.9 Å². The van der Waals surface area contributed by atoms with Gasteiger partial charge in [0.15, 0.2) is 5.65 Å². The lowest BCUT2D eigenvalue weighted by Gasteiger charge is -2.21. The number of rotatable bonds is 4. The third kappa shape index (κ3) is 2.65. The number of hydrogen-bond donors (Lipinski definition) is 2. The van der Waals surface area contributed by atoms with Crippen molar-refractivity contribution in [2.45, 2.75) is 19.8 Å². The molecule has 0 saturated heterocycles. The highest BCUT2D eigenvalue weighted by molar-refractivity contribution is 5.92. The lowest BCUT2D eigenvalue weighted by molar-refractivity contribution is -0.0538. The minimum absolute atomic E-state index is 0.187. The van der Waals surface area contributed by atoms with Crippen LogP contribution in [0.3, 0.4) is 0 Å². The molecule has 0 fully saturated rings. The zero-order chi connectivity index (χ0) is 18.3. The van der Waals surface area contributed by atoms with E-state index in [1.165, 1.54) is 20.0 Å². The van der Waals surface area contributed by atoms with Crippen molar-refractivity contribution >= 4 is 33.3 Å². The lowest BCUT2D eigenvalue weighted by Crippen LogP contribution is -2.22. The Bertz CT molecular complexity index is 1090. The number of fused-ring (bicyclic) bond motifs is 2.